The lowest BCUT2D eigenvalue weighted by molar-refractivity contribution is -0.121. The minimum Gasteiger partial charge on any atom is -0.474 e. The van der Waals surface area contributed by atoms with Gasteiger partial charge in [-0.25, -0.2) is 19.2 Å². The van der Waals surface area contributed by atoms with Gasteiger partial charge in [-0.1, -0.05) is 6.07 Å². The zero-order chi connectivity index (χ0) is 41.7. The molecule has 9 rings (SSSR count). The minimum atomic E-state index is -1.01. The molecule has 1 aliphatic carbocycles. The van der Waals surface area contributed by atoms with Gasteiger partial charge in [0.2, 0.25) is 11.8 Å². The van der Waals surface area contributed by atoms with Crippen LogP contribution in [0.2, 0.25) is 0 Å². The van der Waals surface area contributed by atoms with Crippen molar-refractivity contribution in [1.82, 2.24) is 25.1 Å². The van der Waals surface area contributed by atoms with E-state index in [2.05, 4.69) is 35.7 Å². The number of aromatic nitrogens is 2. The lowest BCUT2D eigenvalue weighted by Crippen LogP contribution is -2.55. The van der Waals surface area contributed by atoms with Crippen molar-refractivity contribution < 1.29 is 37.8 Å². The maximum Gasteiger partial charge on any atom is 0.413 e. The number of nitrogens with one attached hydrogen (secondary N) is 3. The van der Waals surface area contributed by atoms with E-state index in [0.29, 0.717) is 70.2 Å². The smallest absolute Gasteiger partial charge is 0.413 e. The fourth-order valence-electron chi connectivity index (χ4n) is 9.59. The molecule has 1 atom stereocenters. The van der Waals surface area contributed by atoms with Crippen molar-refractivity contribution in [2.75, 3.05) is 68.5 Å². The Hall–Kier alpha value is -6.16. The molecule has 6 heterocycles. The second-order valence-corrected chi connectivity index (χ2v) is 16.7. The molecular formula is C44H47FN8O7. The van der Waals surface area contributed by atoms with Crippen molar-refractivity contribution in [3.8, 4) is 17.0 Å². The summed E-state index contributed by atoms with van der Waals surface area (Å²) in [5.74, 6) is -0.436. The zero-order valence-electron chi connectivity index (χ0n) is 33.6. The number of hydrogen-bond donors (Lipinski definition) is 3. The number of piperidine rings is 1. The number of nitrogens with zero attached hydrogens (tertiary/aromatic N) is 5. The van der Waals surface area contributed by atoms with Gasteiger partial charge >= 0.3 is 6.09 Å². The van der Waals surface area contributed by atoms with Crippen LogP contribution in [0.4, 0.5) is 26.4 Å². The normalized spacial score (nSPS) is 19.1. The maximum atomic E-state index is 15.3. The largest absolute Gasteiger partial charge is 0.474 e. The van der Waals surface area contributed by atoms with E-state index < -0.39 is 29.8 Å². The molecular weight excluding hydrogens is 772 g/mol. The average molecular weight is 819 g/mol. The van der Waals surface area contributed by atoms with Crippen LogP contribution in [0, 0.1) is 24.1 Å². The Labute approximate surface area is 346 Å². The van der Waals surface area contributed by atoms with Crippen LogP contribution in [-0.2, 0) is 14.3 Å². The molecule has 1 saturated carbocycles. The molecule has 0 radical (unpaired) electrons. The summed E-state index contributed by atoms with van der Waals surface area (Å²) in [6, 6.07) is 9.12. The van der Waals surface area contributed by atoms with E-state index in [-0.39, 0.29) is 35.8 Å². The Morgan fingerprint density at radius 3 is 2.62 bits per heavy atom. The SMILES string of the molecule is CNC(=O)CCC(C=O)N1C(=O)c2cccc(N3CC(CN4CCC5(CC4)CC(OC(=O)Nc4cc6cc(-c7cnc8c(c7C)NCCO8)c(F)cc6cn4)C5)C3)c2C1=O. The van der Waals surface area contributed by atoms with Crippen molar-refractivity contribution in [3.63, 3.8) is 0 Å². The number of rotatable bonds is 11. The van der Waals surface area contributed by atoms with E-state index in [0.717, 1.165) is 74.6 Å². The second-order valence-electron chi connectivity index (χ2n) is 16.7. The number of pyridine rings is 2. The van der Waals surface area contributed by atoms with Crippen LogP contribution >= 0.6 is 0 Å². The third kappa shape index (κ3) is 7.26. The van der Waals surface area contributed by atoms with Gasteiger partial charge in [0.1, 0.15) is 36.3 Å². The molecule has 3 N–H and O–H groups in total. The van der Waals surface area contributed by atoms with E-state index in [1.54, 1.807) is 30.5 Å². The summed E-state index contributed by atoms with van der Waals surface area (Å²) in [6.07, 6.45) is 6.75. The van der Waals surface area contributed by atoms with E-state index in [1.165, 1.54) is 19.3 Å². The van der Waals surface area contributed by atoms with Crippen molar-refractivity contribution in [3.05, 3.63) is 71.3 Å². The van der Waals surface area contributed by atoms with E-state index in [1.807, 2.05) is 13.0 Å². The molecule has 2 saturated heterocycles. The summed E-state index contributed by atoms with van der Waals surface area (Å²) in [7, 11) is 1.50. The number of carbonyl (C=O) groups is 5. The third-order valence-electron chi connectivity index (χ3n) is 13.0. The minimum absolute atomic E-state index is 0.0280. The quantitative estimate of drug-likeness (QED) is 0.134. The Bertz CT molecular complexity index is 2410. The summed E-state index contributed by atoms with van der Waals surface area (Å²) in [5.41, 5.74) is 4.11. The Morgan fingerprint density at radius 2 is 1.85 bits per heavy atom. The molecule has 16 heteroatoms. The first-order valence-corrected chi connectivity index (χ1v) is 20.6. The van der Waals surface area contributed by atoms with E-state index in [9.17, 15) is 24.0 Å². The number of likely N-dealkylation sites (tertiary alicyclic amines) is 1. The van der Waals surface area contributed by atoms with Crippen LogP contribution < -0.4 is 25.6 Å². The fraction of sp³-hybridized carbons (Fsp3) is 0.432. The number of fused-ring (bicyclic) bond motifs is 3. The predicted molar refractivity (Wildman–Crippen MR) is 221 cm³/mol. The number of amides is 4. The van der Waals surface area contributed by atoms with Gasteiger partial charge in [0.05, 0.1) is 22.9 Å². The van der Waals surface area contributed by atoms with Gasteiger partial charge < -0.3 is 34.7 Å². The lowest BCUT2D eigenvalue weighted by Gasteiger charge is -2.52. The third-order valence-corrected chi connectivity index (χ3v) is 13.0. The van der Waals surface area contributed by atoms with Crippen molar-refractivity contribution in [2.24, 2.45) is 11.3 Å². The molecule has 312 valence electrons. The summed E-state index contributed by atoms with van der Waals surface area (Å²) in [4.78, 5) is 77.8. The molecule has 4 aliphatic heterocycles. The monoisotopic (exact) mass is 818 g/mol. The topological polar surface area (TPSA) is 175 Å². The molecule has 60 heavy (non-hydrogen) atoms. The first kappa shape index (κ1) is 39.3. The summed E-state index contributed by atoms with van der Waals surface area (Å²) >= 11 is 0. The van der Waals surface area contributed by atoms with Gasteiger partial charge in [-0.05, 0) is 98.8 Å². The van der Waals surface area contributed by atoms with Crippen molar-refractivity contribution in [2.45, 2.75) is 57.6 Å². The molecule has 1 unspecified atom stereocenters. The highest BCUT2D eigenvalue weighted by atomic mass is 19.1. The molecule has 4 aromatic rings. The van der Waals surface area contributed by atoms with Crippen LogP contribution in [0.25, 0.3) is 21.9 Å². The van der Waals surface area contributed by atoms with Crippen molar-refractivity contribution in [1.29, 1.82) is 0 Å². The van der Waals surface area contributed by atoms with Gasteiger partial charge in [-0.3, -0.25) is 24.6 Å². The number of aldehydes is 1. The highest BCUT2D eigenvalue weighted by Crippen LogP contribution is 2.50. The first-order chi connectivity index (χ1) is 29.0. The van der Waals surface area contributed by atoms with Gasteiger partial charge in [0, 0.05) is 74.5 Å². The first-order valence-electron chi connectivity index (χ1n) is 20.6. The predicted octanol–water partition coefficient (Wildman–Crippen LogP) is 5.17. The zero-order valence-corrected chi connectivity index (χ0v) is 33.6. The van der Waals surface area contributed by atoms with Crippen LogP contribution in [0.1, 0.15) is 64.8 Å². The van der Waals surface area contributed by atoms with E-state index >= 15 is 4.39 Å². The number of hydrogen-bond acceptors (Lipinski definition) is 12. The summed E-state index contributed by atoms with van der Waals surface area (Å²) in [5, 5.41) is 9.87. The average Bonchev–Trinajstić information content (AvgIpc) is 3.48. The molecule has 2 aromatic heterocycles. The van der Waals surface area contributed by atoms with Crippen LogP contribution in [-0.4, -0.2) is 115 Å². The second kappa shape index (κ2) is 15.8. The van der Waals surface area contributed by atoms with Crippen LogP contribution in [0.5, 0.6) is 5.88 Å². The van der Waals surface area contributed by atoms with Crippen molar-refractivity contribution >= 4 is 58.1 Å². The highest BCUT2D eigenvalue weighted by molar-refractivity contribution is 6.24. The summed E-state index contributed by atoms with van der Waals surface area (Å²) in [6.45, 7) is 7.41. The Morgan fingerprint density at radius 1 is 1.05 bits per heavy atom. The number of imide groups is 1. The molecule has 2 aromatic carbocycles. The van der Waals surface area contributed by atoms with Gasteiger partial charge in [-0.15, -0.1) is 0 Å². The number of halogens is 1. The number of benzene rings is 2. The van der Waals surface area contributed by atoms with Gasteiger partial charge in [0.15, 0.2) is 0 Å². The Kier molecular flexibility index (Phi) is 10.3. The number of carbonyl (C=O) groups excluding carboxylic acids is 5. The molecule has 15 nitrogen and oxygen atoms in total. The summed E-state index contributed by atoms with van der Waals surface area (Å²) < 4.78 is 26.8. The van der Waals surface area contributed by atoms with Crippen LogP contribution in [0.15, 0.2) is 48.8 Å². The van der Waals surface area contributed by atoms with Gasteiger partial charge in [-0.2, -0.15) is 0 Å². The standard InChI is InChI=1S/C44H47FN8O7/c1-25-33(20-49-40-39(25)47-10-13-59-40)32-14-27-16-36(48-19-28(27)15-34(32)45)50-43(58)60-30-17-44(18-30)8-11-51(12-9-44)21-26-22-52(23-26)35-5-3-4-31-38(35)42(57)53(41(31)56)29(24-54)6-7-37(55)46-2/h3-5,14-16,19-20,24,26,29-30,47H,6-13,17-18,21-23H2,1-2H3,(H,46,55)(H,48,50,58). The molecule has 5 aliphatic rings. The fourth-order valence-corrected chi connectivity index (χ4v) is 9.59. The van der Waals surface area contributed by atoms with E-state index in [4.69, 9.17) is 9.47 Å². The molecule has 4 amide bonds. The lowest BCUT2D eigenvalue weighted by atomic mass is 9.61. The van der Waals surface area contributed by atoms with Gasteiger partial charge in [0.25, 0.3) is 11.8 Å². The molecule has 1 spiro atoms. The van der Waals surface area contributed by atoms with Crippen LogP contribution in [0.3, 0.4) is 0 Å². The maximum absolute atomic E-state index is 15.3. The highest BCUT2D eigenvalue weighted by Gasteiger charge is 2.48. The Balaban J connectivity index is 0.740. The number of ether oxygens (including phenoxy) is 2. The molecule has 0 bridgehead atoms. The molecule has 3 fully saturated rings. The number of anilines is 3.